The van der Waals surface area contributed by atoms with Crippen LogP contribution in [0.5, 0.6) is 0 Å². The summed E-state index contributed by atoms with van der Waals surface area (Å²) >= 11 is 0. The maximum Gasteiger partial charge on any atom is 0.320 e. The number of rotatable bonds is 3. The Kier molecular flexibility index (Phi) is 4.37. The molecule has 0 spiro atoms. The summed E-state index contributed by atoms with van der Waals surface area (Å²) in [4.78, 5) is 26.3. The molecular formula is C12H22N2O3. The Morgan fingerprint density at radius 1 is 1.35 bits per heavy atom. The van der Waals surface area contributed by atoms with Gasteiger partial charge in [0.25, 0.3) is 0 Å². The van der Waals surface area contributed by atoms with E-state index in [1.807, 2.05) is 6.92 Å². The van der Waals surface area contributed by atoms with Crippen molar-refractivity contribution in [2.24, 2.45) is 11.8 Å². The van der Waals surface area contributed by atoms with Crippen molar-refractivity contribution in [2.75, 3.05) is 20.1 Å². The van der Waals surface area contributed by atoms with Crippen molar-refractivity contribution in [1.82, 2.24) is 9.80 Å². The summed E-state index contributed by atoms with van der Waals surface area (Å²) in [5.41, 5.74) is 0. The average Bonchev–Trinajstić information content (AvgIpc) is 2.75. The van der Waals surface area contributed by atoms with Crippen LogP contribution in [0.2, 0.25) is 0 Å². The molecular weight excluding hydrogens is 220 g/mol. The molecule has 2 atom stereocenters. The fraction of sp³-hybridized carbons (Fsp3) is 0.833. The monoisotopic (exact) mass is 242 g/mol. The third kappa shape index (κ3) is 3.11. The second-order valence-electron chi connectivity index (χ2n) is 5.15. The summed E-state index contributed by atoms with van der Waals surface area (Å²) in [6, 6.07) is 0.0985. The number of urea groups is 1. The van der Waals surface area contributed by atoms with Gasteiger partial charge >= 0.3 is 12.0 Å². The zero-order valence-corrected chi connectivity index (χ0v) is 11.0. The Balaban J connectivity index is 2.57. The van der Waals surface area contributed by atoms with E-state index in [-0.39, 0.29) is 12.1 Å². The SMILES string of the molecule is CC(C)C(C)N(C)C(=O)N1CCC(C(=O)O)C1. The Bertz CT molecular complexity index is 304. The van der Waals surface area contributed by atoms with Crippen molar-refractivity contribution in [3.63, 3.8) is 0 Å². The molecule has 1 heterocycles. The predicted molar refractivity (Wildman–Crippen MR) is 64.8 cm³/mol. The highest BCUT2D eigenvalue weighted by Crippen LogP contribution is 2.19. The van der Waals surface area contributed by atoms with Gasteiger partial charge in [-0.1, -0.05) is 13.8 Å². The molecule has 0 bridgehead atoms. The van der Waals surface area contributed by atoms with Crippen LogP contribution in [-0.2, 0) is 4.79 Å². The molecule has 0 aromatic heterocycles. The van der Waals surface area contributed by atoms with Gasteiger partial charge < -0.3 is 14.9 Å². The molecule has 5 heteroatoms. The molecule has 2 amide bonds. The highest BCUT2D eigenvalue weighted by Gasteiger charge is 2.33. The van der Waals surface area contributed by atoms with E-state index in [4.69, 9.17) is 5.11 Å². The minimum atomic E-state index is -0.806. The van der Waals surface area contributed by atoms with Crippen molar-refractivity contribution in [1.29, 1.82) is 0 Å². The number of carboxylic acids is 1. The largest absolute Gasteiger partial charge is 0.481 e. The van der Waals surface area contributed by atoms with Gasteiger partial charge in [-0.3, -0.25) is 4.79 Å². The maximum absolute atomic E-state index is 12.1. The average molecular weight is 242 g/mol. The van der Waals surface area contributed by atoms with Crippen LogP contribution < -0.4 is 0 Å². The van der Waals surface area contributed by atoms with Crippen LogP contribution in [0.1, 0.15) is 27.2 Å². The zero-order chi connectivity index (χ0) is 13.2. The minimum absolute atomic E-state index is 0.0602. The first-order chi connectivity index (χ1) is 7.84. The van der Waals surface area contributed by atoms with Crippen molar-refractivity contribution in [3.05, 3.63) is 0 Å². The summed E-state index contributed by atoms with van der Waals surface area (Å²) in [6.45, 7) is 7.03. The molecule has 5 nitrogen and oxygen atoms in total. The third-order valence-corrected chi connectivity index (χ3v) is 3.69. The van der Waals surface area contributed by atoms with E-state index in [0.29, 0.717) is 25.4 Å². The topological polar surface area (TPSA) is 60.9 Å². The standard InChI is InChI=1S/C12H22N2O3/c1-8(2)9(3)13(4)12(17)14-6-5-10(7-14)11(15)16/h8-10H,5-7H2,1-4H3,(H,15,16). The van der Waals surface area contributed by atoms with Crippen LogP contribution in [0.3, 0.4) is 0 Å². The van der Waals surface area contributed by atoms with Gasteiger partial charge in [-0.25, -0.2) is 4.79 Å². The molecule has 0 aliphatic carbocycles. The van der Waals surface area contributed by atoms with E-state index in [9.17, 15) is 9.59 Å². The van der Waals surface area contributed by atoms with E-state index < -0.39 is 11.9 Å². The van der Waals surface area contributed by atoms with E-state index in [1.54, 1.807) is 16.8 Å². The first-order valence-corrected chi connectivity index (χ1v) is 6.09. The summed E-state index contributed by atoms with van der Waals surface area (Å²) in [5.74, 6) is -0.816. The number of amides is 2. The molecule has 2 unspecified atom stereocenters. The number of hydrogen-bond acceptors (Lipinski definition) is 2. The number of carbonyl (C=O) groups excluding carboxylic acids is 1. The highest BCUT2D eigenvalue weighted by molar-refractivity contribution is 5.77. The molecule has 98 valence electrons. The van der Waals surface area contributed by atoms with E-state index in [2.05, 4.69) is 13.8 Å². The van der Waals surface area contributed by atoms with Gasteiger partial charge in [0.15, 0.2) is 0 Å². The second kappa shape index (κ2) is 5.38. The molecule has 1 aliphatic heterocycles. The number of nitrogens with zero attached hydrogens (tertiary/aromatic N) is 2. The third-order valence-electron chi connectivity index (χ3n) is 3.69. The van der Waals surface area contributed by atoms with Gasteiger partial charge in [0.1, 0.15) is 0 Å². The second-order valence-corrected chi connectivity index (χ2v) is 5.15. The van der Waals surface area contributed by atoms with Gasteiger partial charge in [0.2, 0.25) is 0 Å². The van der Waals surface area contributed by atoms with Crippen LogP contribution in [0.25, 0.3) is 0 Å². The van der Waals surface area contributed by atoms with Crippen molar-refractivity contribution >= 4 is 12.0 Å². The lowest BCUT2D eigenvalue weighted by molar-refractivity contribution is -0.141. The molecule has 0 radical (unpaired) electrons. The van der Waals surface area contributed by atoms with E-state index in [0.717, 1.165) is 0 Å². The lowest BCUT2D eigenvalue weighted by atomic mass is 10.1. The molecule has 0 aromatic rings. The predicted octanol–water partition coefficient (Wildman–Crippen LogP) is 1.49. The first-order valence-electron chi connectivity index (χ1n) is 6.09. The van der Waals surface area contributed by atoms with Crippen LogP contribution in [-0.4, -0.2) is 53.1 Å². The van der Waals surface area contributed by atoms with Crippen molar-refractivity contribution < 1.29 is 14.7 Å². The summed E-state index contributed by atoms with van der Waals surface area (Å²) in [7, 11) is 1.78. The van der Waals surface area contributed by atoms with Crippen LogP contribution >= 0.6 is 0 Å². The van der Waals surface area contributed by atoms with E-state index >= 15 is 0 Å². The normalized spacial score (nSPS) is 21.7. The van der Waals surface area contributed by atoms with Gasteiger partial charge in [-0.15, -0.1) is 0 Å². The fourth-order valence-electron chi connectivity index (χ4n) is 1.98. The summed E-state index contributed by atoms with van der Waals surface area (Å²) < 4.78 is 0. The molecule has 1 N–H and O–H groups in total. The molecule has 1 fully saturated rings. The Morgan fingerprint density at radius 3 is 2.35 bits per heavy atom. The molecule has 17 heavy (non-hydrogen) atoms. The Hall–Kier alpha value is -1.26. The molecule has 1 rings (SSSR count). The molecule has 1 saturated heterocycles. The maximum atomic E-state index is 12.1. The van der Waals surface area contributed by atoms with Crippen LogP contribution in [0.15, 0.2) is 0 Å². The Labute approximate surface area is 102 Å². The van der Waals surface area contributed by atoms with E-state index in [1.165, 1.54) is 0 Å². The molecule has 1 aliphatic rings. The van der Waals surface area contributed by atoms with Gasteiger partial charge in [0, 0.05) is 26.2 Å². The minimum Gasteiger partial charge on any atom is -0.481 e. The molecule has 0 aromatic carbocycles. The number of carboxylic acid groups (broad SMARTS) is 1. The number of hydrogen-bond donors (Lipinski definition) is 1. The van der Waals surface area contributed by atoms with Crippen LogP contribution in [0, 0.1) is 11.8 Å². The van der Waals surface area contributed by atoms with Gasteiger partial charge in [0.05, 0.1) is 5.92 Å². The number of carbonyl (C=O) groups is 2. The molecule has 0 saturated carbocycles. The highest BCUT2D eigenvalue weighted by atomic mass is 16.4. The lowest BCUT2D eigenvalue weighted by Crippen LogP contribution is -2.46. The van der Waals surface area contributed by atoms with Crippen LogP contribution in [0.4, 0.5) is 4.79 Å². The zero-order valence-electron chi connectivity index (χ0n) is 11.0. The fourth-order valence-corrected chi connectivity index (χ4v) is 1.98. The van der Waals surface area contributed by atoms with Crippen molar-refractivity contribution in [3.8, 4) is 0 Å². The summed E-state index contributed by atoms with van der Waals surface area (Å²) in [5, 5.41) is 8.90. The first kappa shape index (κ1) is 13.8. The van der Waals surface area contributed by atoms with Gasteiger partial charge in [-0.2, -0.15) is 0 Å². The lowest BCUT2D eigenvalue weighted by Gasteiger charge is -2.31. The number of aliphatic carboxylic acids is 1. The smallest absolute Gasteiger partial charge is 0.320 e. The summed E-state index contributed by atoms with van der Waals surface area (Å²) in [6.07, 6.45) is 0.560. The van der Waals surface area contributed by atoms with Gasteiger partial charge in [-0.05, 0) is 19.3 Å². The number of likely N-dealkylation sites (tertiary alicyclic amines) is 1. The van der Waals surface area contributed by atoms with Crippen molar-refractivity contribution in [2.45, 2.75) is 33.2 Å². The Morgan fingerprint density at radius 2 is 1.94 bits per heavy atom. The quantitative estimate of drug-likeness (QED) is 0.815.